The smallest absolute Gasteiger partial charge is 0.340 e. The quantitative estimate of drug-likeness (QED) is 0.427. The van der Waals surface area contributed by atoms with Gasteiger partial charge in [0.05, 0.1) is 18.4 Å². The molecule has 0 saturated heterocycles. The van der Waals surface area contributed by atoms with E-state index in [1.54, 1.807) is 24.4 Å². The van der Waals surface area contributed by atoms with E-state index in [-0.39, 0.29) is 0 Å². The summed E-state index contributed by atoms with van der Waals surface area (Å²) in [5, 5.41) is 0. The lowest BCUT2D eigenvalue weighted by atomic mass is 10.2. The molecule has 0 aliphatic carbocycles. The van der Waals surface area contributed by atoms with Crippen LogP contribution in [0.1, 0.15) is 27.3 Å². The first-order chi connectivity index (χ1) is 12.5. The van der Waals surface area contributed by atoms with E-state index in [0.29, 0.717) is 11.3 Å². The van der Waals surface area contributed by atoms with Crippen molar-refractivity contribution in [1.29, 1.82) is 0 Å². The highest BCUT2D eigenvalue weighted by Crippen LogP contribution is 2.23. The topological polar surface area (TPSA) is 43.6 Å². The number of hydrogen-bond acceptors (Lipinski definition) is 3. The zero-order chi connectivity index (χ0) is 18.7. The number of hydrogen-bond donors (Lipinski definition) is 0. The lowest BCUT2D eigenvalue weighted by molar-refractivity contribution is 0.0601. The summed E-state index contributed by atoms with van der Waals surface area (Å²) < 4.78 is 8.05. The summed E-state index contributed by atoms with van der Waals surface area (Å²) in [7, 11) is 1.37. The van der Waals surface area contributed by atoms with Gasteiger partial charge < -0.3 is 9.30 Å². The Morgan fingerprint density at radius 3 is 2.50 bits per heavy atom. The van der Waals surface area contributed by atoms with Crippen LogP contribution >= 0.6 is 15.9 Å². The fourth-order valence-corrected chi connectivity index (χ4v) is 3.18. The molecule has 0 fully saturated rings. The first-order valence-corrected chi connectivity index (χ1v) is 8.97. The number of carbonyl (C=O) groups is 1. The second kappa shape index (κ2) is 7.70. The maximum absolute atomic E-state index is 11.9. The number of aryl methyl sites for hydroxylation is 1. The number of aromatic nitrogens is 1. The molecule has 0 amide bonds. The van der Waals surface area contributed by atoms with Crippen molar-refractivity contribution in [3.63, 3.8) is 0 Å². The number of ether oxygens (including phenoxy) is 1. The van der Waals surface area contributed by atoms with Gasteiger partial charge in [0, 0.05) is 33.3 Å². The van der Waals surface area contributed by atoms with Gasteiger partial charge in [-0.3, -0.25) is 4.99 Å². The lowest BCUT2D eigenvalue weighted by Gasteiger charge is -2.09. The number of aliphatic imine (C=N–C) groups is 1. The SMILES string of the molecule is COC(=O)c1ccccc1N=Cc1cc(C)n(-c2ccc(Br)cc2)c1C. The van der Waals surface area contributed by atoms with Crippen molar-refractivity contribution in [1.82, 2.24) is 4.57 Å². The van der Waals surface area contributed by atoms with Crippen molar-refractivity contribution in [2.24, 2.45) is 4.99 Å². The predicted molar refractivity (Wildman–Crippen MR) is 108 cm³/mol. The lowest BCUT2D eigenvalue weighted by Crippen LogP contribution is -2.01. The summed E-state index contributed by atoms with van der Waals surface area (Å²) in [4.78, 5) is 16.4. The largest absolute Gasteiger partial charge is 0.465 e. The van der Waals surface area contributed by atoms with E-state index in [4.69, 9.17) is 4.74 Å². The standard InChI is InChI=1S/C21H19BrN2O2/c1-14-12-16(15(2)24(14)18-10-8-17(22)9-11-18)13-23-20-7-5-4-6-19(20)21(25)26-3/h4-13H,1-3H3. The Hall–Kier alpha value is -2.66. The number of rotatable bonds is 4. The highest BCUT2D eigenvalue weighted by molar-refractivity contribution is 9.10. The molecule has 1 aromatic heterocycles. The van der Waals surface area contributed by atoms with Crippen LogP contribution in [-0.2, 0) is 4.74 Å². The molecule has 1 heterocycles. The van der Waals surface area contributed by atoms with Crippen molar-refractivity contribution in [2.45, 2.75) is 13.8 Å². The second-order valence-corrected chi connectivity index (χ2v) is 6.82. The normalized spacial score (nSPS) is 11.1. The predicted octanol–water partition coefficient (Wildman–Crippen LogP) is 5.39. The minimum Gasteiger partial charge on any atom is -0.465 e. The molecule has 4 nitrogen and oxygen atoms in total. The van der Waals surface area contributed by atoms with Crippen molar-refractivity contribution in [2.75, 3.05) is 7.11 Å². The van der Waals surface area contributed by atoms with Crippen LogP contribution in [0.4, 0.5) is 5.69 Å². The van der Waals surface area contributed by atoms with Gasteiger partial charge in [0.25, 0.3) is 0 Å². The van der Waals surface area contributed by atoms with Crippen molar-refractivity contribution >= 4 is 33.8 Å². The average molecular weight is 411 g/mol. The molecule has 0 atom stereocenters. The maximum atomic E-state index is 11.9. The number of halogens is 1. The van der Waals surface area contributed by atoms with Crippen molar-refractivity contribution in [3.8, 4) is 5.69 Å². The molecule has 3 aromatic rings. The van der Waals surface area contributed by atoms with E-state index < -0.39 is 5.97 Å². The fraction of sp³-hybridized carbons (Fsp3) is 0.143. The molecule has 132 valence electrons. The van der Waals surface area contributed by atoms with E-state index >= 15 is 0 Å². The van der Waals surface area contributed by atoms with E-state index in [1.807, 2.05) is 18.2 Å². The van der Waals surface area contributed by atoms with E-state index in [0.717, 1.165) is 27.1 Å². The molecule has 26 heavy (non-hydrogen) atoms. The summed E-state index contributed by atoms with van der Waals surface area (Å²) in [6, 6.07) is 17.4. The molecule has 3 rings (SSSR count). The third-order valence-electron chi connectivity index (χ3n) is 4.21. The van der Waals surface area contributed by atoms with Crippen molar-refractivity contribution in [3.05, 3.63) is 81.6 Å². The van der Waals surface area contributed by atoms with Gasteiger partial charge in [-0.05, 0) is 56.3 Å². The molecule has 0 bridgehead atoms. The highest BCUT2D eigenvalue weighted by Gasteiger charge is 2.12. The molecule has 0 spiro atoms. The number of benzene rings is 2. The molecule has 0 saturated carbocycles. The Labute approximate surface area is 161 Å². The van der Waals surface area contributed by atoms with E-state index in [9.17, 15) is 4.79 Å². The minimum absolute atomic E-state index is 0.391. The van der Waals surface area contributed by atoms with Crippen LogP contribution in [0.3, 0.4) is 0 Å². The fourth-order valence-electron chi connectivity index (χ4n) is 2.91. The van der Waals surface area contributed by atoms with Gasteiger partial charge in [0.15, 0.2) is 0 Å². The van der Waals surface area contributed by atoms with Crippen LogP contribution in [-0.4, -0.2) is 23.9 Å². The Balaban J connectivity index is 1.97. The summed E-state index contributed by atoms with van der Waals surface area (Å²) >= 11 is 3.47. The molecule has 0 aliphatic rings. The molecule has 0 radical (unpaired) electrons. The third kappa shape index (κ3) is 3.63. The molecule has 5 heteroatoms. The van der Waals surface area contributed by atoms with Crippen LogP contribution in [0.2, 0.25) is 0 Å². The molecule has 0 N–H and O–H groups in total. The third-order valence-corrected chi connectivity index (χ3v) is 4.74. The monoisotopic (exact) mass is 410 g/mol. The molecular formula is C21H19BrN2O2. The number of nitrogens with zero attached hydrogens (tertiary/aromatic N) is 2. The minimum atomic E-state index is -0.391. The van der Waals surface area contributed by atoms with Gasteiger partial charge in [-0.15, -0.1) is 0 Å². The van der Waals surface area contributed by atoms with Gasteiger partial charge >= 0.3 is 5.97 Å². The Morgan fingerprint density at radius 1 is 1.12 bits per heavy atom. The summed E-state index contributed by atoms with van der Waals surface area (Å²) in [6.07, 6.45) is 1.79. The highest BCUT2D eigenvalue weighted by atomic mass is 79.9. The maximum Gasteiger partial charge on any atom is 0.340 e. The number of carbonyl (C=O) groups excluding carboxylic acids is 1. The first kappa shape index (κ1) is 18.1. The van der Waals surface area contributed by atoms with Gasteiger partial charge in [0.1, 0.15) is 0 Å². The molecule has 2 aromatic carbocycles. The summed E-state index contributed by atoms with van der Waals surface area (Å²) in [6.45, 7) is 4.12. The van der Waals surface area contributed by atoms with E-state index in [2.05, 4.69) is 57.5 Å². The van der Waals surface area contributed by atoms with Gasteiger partial charge in [-0.1, -0.05) is 28.1 Å². The van der Waals surface area contributed by atoms with Crippen LogP contribution in [0, 0.1) is 13.8 Å². The van der Waals surface area contributed by atoms with Gasteiger partial charge in [-0.2, -0.15) is 0 Å². The Morgan fingerprint density at radius 2 is 1.81 bits per heavy atom. The molecule has 0 unspecified atom stereocenters. The van der Waals surface area contributed by atoms with Crippen LogP contribution in [0.15, 0.2) is 64.1 Å². The molecule has 0 aliphatic heterocycles. The number of esters is 1. The Bertz CT molecular complexity index is 972. The number of methoxy groups -OCH3 is 1. The Kier molecular flexibility index (Phi) is 5.38. The summed E-state index contributed by atoms with van der Waals surface area (Å²) in [5.74, 6) is -0.391. The first-order valence-electron chi connectivity index (χ1n) is 8.17. The van der Waals surface area contributed by atoms with Crippen LogP contribution in [0.25, 0.3) is 5.69 Å². The zero-order valence-electron chi connectivity index (χ0n) is 14.9. The second-order valence-electron chi connectivity index (χ2n) is 5.91. The summed E-state index contributed by atoms with van der Waals surface area (Å²) in [5.41, 5.74) is 5.35. The van der Waals surface area contributed by atoms with E-state index in [1.165, 1.54) is 7.11 Å². The van der Waals surface area contributed by atoms with Crippen LogP contribution < -0.4 is 0 Å². The van der Waals surface area contributed by atoms with Gasteiger partial charge in [0.2, 0.25) is 0 Å². The molecular weight excluding hydrogens is 392 g/mol. The average Bonchev–Trinajstić information content (AvgIpc) is 2.94. The van der Waals surface area contributed by atoms with Crippen LogP contribution in [0.5, 0.6) is 0 Å². The van der Waals surface area contributed by atoms with Crippen molar-refractivity contribution < 1.29 is 9.53 Å². The van der Waals surface area contributed by atoms with Gasteiger partial charge in [-0.25, -0.2) is 4.79 Å². The number of para-hydroxylation sites is 1. The zero-order valence-corrected chi connectivity index (χ0v) is 16.4.